The highest BCUT2D eigenvalue weighted by Gasteiger charge is 2.11. The van der Waals surface area contributed by atoms with Crippen LogP contribution in [0, 0.1) is 0 Å². The fourth-order valence-corrected chi connectivity index (χ4v) is 2.03. The molecule has 0 radical (unpaired) electrons. The zero-order valence-electron chi connectivity index (χ0n) is 11.7. The van der Waals surface area contributed by atoms with Crippen LogP contribution in [0.4, 0.5) is 5.69 Å². The van der Waals surface area contributed by atoms with Crippen molar-refractivity contribution in [2.45, 2.75) is 0 Å². The molecule has 3 rings (SSSR count). The van der Waals surface area contributed by atoms with Crippen molar-refractivity contribution < 1.29 is 9.59 Å². The summed E-state index contributed by atoms with van der Waals surface area (Å²) in [7, 11) is 0. The summed E-state index contributed by atoms with van der Waals surface area (Å²) in [4.78, 5) is 27.2. The Morgan fingerprint density at radius 2 is 1.73 bits per heavy atom. The van der Waals surface area contributed by atoms with Gasteiger partial charge in [-0.25, -0.2) is 0 Å². The van der Waals surface area contributed by atoms with Crippen LogP contribution in [0.3, 0.4) is 0 Å². The summed E-state index contributed by atoms with van der Waals surface area (Å²) in [6.07, 6.45) is 0. The van der Waals surface area contributed by atoms with E-state index in [0.29, 0.717) is 17.1 Å². The topological polar surface area (TPSA) is 82.6 Å². The van der Waals surface area contributed by atoms with Crippen LogP contribution < -0.4 is 16.2 Å². The number of aliphatic imine (C=N–C) groups is 1. The van der Waals surface area contributed by atoms with Gasteiger partial charge in [-0.2, -0.15) is 0 Å². The Labute approximate surface area is 127 Å². The number of carbonyl (C=O) groups excluding carboxylic acids is 2. The molecule has 0 unspecified atom stereocenters. The Morgan fingerprint density at radius 3 is 2.36 bits per heavy atom. The average molecular weight is 294 g/mol. The second-order valence-electron chi connectivity index (χ2n) is 4.74. The van der Waals surface area contributed by atoms with E-state index in [1.807, 2.05) is 30.3 Å². The molecular weight excluding hydrogens is 280 g/mol. The fourth-order valence-electron chi connectivity index (χ4n) is 2.03. The highest BCUT2D eigenvalue weighted by molar-refractivity contribution is 6.05. The first-order valence-electron chi connectivity index (χ1n) is 6.78. The SMILES string of the molecule is O=C1CN=C(c2ccc(NC(=O)c3ccccc3)cc2)NN1. The minimum Gasteiger partial charge on any atom is -0.322 e. The van der Waals surface area contributed by atoms with E-state index in [0.717, 1.165) is 5.56 Å². The third-order valence-corrected chi connectivity index (χ3v) is 3.15. The monoisotopic (exact) mass is 294 g/mol. The lowest BCUT2D eigenvalue weighted by atomic mass is 10.1. The van der Waals surface area contributed by atoms with Crippen LogP contribution >= 0.6 is 0 Å². The summed E-state index contributed by atoms with van der Waals surface area (Å²) in [6.45, 7) is 0.106. The molecule has 1 heterocycles. The molecular formula is C16H14N4O2. The molecule has 0 aromatic heterocycles. The number of anilines is 1. The smallest absolute Gasteiger partial charge is 0.260 e. The predicted molar refractivity (Wildman–Crippen MR) is 83.5 cm³/mol. The summed E-state index contributed by atoms with van der Waals surface area (Å²) in [6, 6.07) is 16.2. The van der Waals surface area contributed by atoms with E-state index in [-0.39, 0.29) is 18.4 Å². The molecule has 3 N–H and O–H groups in total. The zero-order valence-corrected chi connectivity index (χ0v) is 11.7. The summed E-state index contributed by atoms with van der Waals surface area (Å²) in [5.74, 6) is 0.268. The maximum atomic E-state index is 12.0. The van der Waals surface area contributed by atoms with Gasteiger partial charge in [0.2, 0.25) is 0 Å². The van der Waals surface area contributed by atoms with Crippen LogP contribution in [-0.2, 0) is 4.79 Å². The lowest BCUT2D eigenvalue weighted by Gasteiger charge is -2.15. The molecule has 2 aromatic carbocycles. The average Bonchev–Trinajstić information content (AvgIpc) is 2.57. The van der Waals surface area contributed by atoms with E-state index < -0.39 is 0 Å². The quantitative estimate of drug-likeness (QED) is 0.798. The Bertz CT molecular complexity index is 724. The molecule has 22 heavy (non-hydrogen) atoms. The van der Waals surface area contributed by atoms with Gasteiger partial charge >= 0.3 is 0 Å². The van der Waals surface area contributed by atoms with Crippen LogP contribution in [0.15, 0.2) is 59.6 Å². The first-order chi connectivity index (χ1) is 10.7. The molecule has 110 valence electrons. The van der Waals surface area contributed by atoms with Crippen molar-refractivity contribution in [3.05, 3.63) is 65.7 Å². The minimum atomic E-state index is -0.171. The van der Waals surface area contributed by atoms with Gasteiger partial charge in [-0.1, -0.05) is 18.2 Å². The van der Waals surface area contributed by atoms with E-state index in [1.165, 1.54) is 0 Å². The lowest BCUT2D eigenvalue weighted by molar-refractivity contribution is -0.120. The van der Waals surface area contributed by atoms with Gasteiger partial charge in [-0.3, -0.25) is 25.4 Å². The summed E-state index contributed by atoms with van der Waals surface area (Å²) in [5.41, 5.74) is 7.37. The number of hydrogen-bond donors (Lipinski definition) is 3. The first kappa shape index (κ1) is 13.8. The zero-order chi connectivity index (χ0) is 15.4. The summed E-state index contributed by atoms with van der Waals surface area (Å²) < 4.78 is 0. The number of hydrogen-bond acceptors (Lipinski definition) is 4. The molecule has 0 saturated heterocycles. The number of carbonyl (C=O) groups is 2. The van der Waals surface area contributed by atoms with E-state index in [2.05, 4.69) is 21.2 Å². The summed E-state index contributed by atoms with van der Waals surface area (Å²) in [5, 5.41) is 2.83. The Morgan fingerprint density at radius 1 is 1.00 bits per heavy atom. The van der Waals surface area contributed by atoms with E-state index in [9.17, 15) is 9.59 Å². The van der Waals surface area contributed by atoms with Crippen LogP contribution in [-0.4, -0.2) is 24.2 Å². The van der Waals surface area contributed by atoms with Gasteiger partial charge in [0.25, 0.3) is 11.8 Å². The third kappa shape index (κ3) is 3.12. The molecule has 6 nitrogen and oxygen atoms in total. The molecule has 0 bridgehead atoms. The second-order valence-corrected chi connectivity index (χ2v) is 4.74. The van der Waals surface area contributed by atoms with Crippen molar-refractivity contribution in [1.82, 2.24) is 10.9 Å². The molecule has 6 heteroatoms. The van der Waals surface area contributed by atoms with Crippen LogP contribution in [0.2, 0.25) is 0 Å². The van der Waals surface area contributed by atoms with Crippen LogP contribution in [0.25, 0.3) is 0 Å². The van der Waals surface area contributed by atoms with Crippen molar-refractivity contribution in [2.24, 2.45) is 4.99 Å². The van der Waals surface area contributed by atoms with Gasteiger partial charge in [0, 0.05) is 16.8 Å². The van der Waals surface area contributed by atoms with Gasteiger partial charge < -0.3 is 5.32 Å². The molecule has 0 saturated carbocycles. The number of benzene rings is 2. The minimum absolute atomic E-state index is 0.106. The van der Waals surface area contributed by atoms with Crippen molar-refractivity contribution in [3.63, 3.8) is 0 Å². The Kier molecular flexibility index (Phi) is 3.82. The molecule has 1 aliphatic heterocycles. The van der Waals surface area contributed by atoms with Crippen molar-refractivity contribution in [1.29, 1.82) is 0 Å². The lowest BCUT2D eigenvalue weighted by Crippen LogP contribution is -2.47. The molecule has 0 spiro atoms. The van der Waals surface area contributed by atoms with E-state index in [1.54, 1.807) is 24.3 Å². The number of rotatable bonds is 3. The number of amidine groups is 1. The normalized spacial score (nSPS) is 13.6. The number of hydrazine groups is 1. The van der Waals surface area contributed by atoms with Crippen LogP contribution in [0.5, 0.6) is 0 Å². The Hall–Kier alpha value is -3.15. The Balaban J connectivity index is 1.70. The fraction of sp³-hybridized carbons (Fsp3) is 0.0625. The van der Waals surface area contributed by atoms with Crippen molar-refractivity contribution in [2.75, 3.05) is 11.9 Å². The van der Waals surface area contributed by atoms with Gasteiger partial charge in [0.1, 0.15) is 12.4 Å². The van der Waals surface area contributed by atoms with Gasteiger partial charge in [-0.05, 0) is 36.4 Å². The number of amides is 2. The highest BCUT2D eigenvalue weighted by Crippen LogP contribution is 2.12. The van der Waals surface area contributed by atoms with Crippen molar-refractivity contribution >= 4 is 23.3 Å². The van der Waals surface area contributed by atoms with E-state index in [4.69, 9.17) is 0 Å². The summed E-state index contributed by atoms with van der Waals surface area (Å²) >= 11 is 0. The second kappa shape index (κ2) is 6.09. The number of nitrogens with one attached hydrogen (secondary N) is 3. The molecule has 2 aromatic rings. The first-order valence-corrected chi connectivity index (χ1v) is 6.78. The van der Waals surface area contributed by atoms with Gasteiger partial charge in [0.15, 0.2) is 0 Å². The molecule has 0 atom stereocenters. The van der Waals surface area contributed by atoms with Crippen molar-refractivity contribution in [3.8, 4) is 0 Å². The standard InChI is InChI=1S/C16H14N4O2/c21-14-10-17-15(20-19-14)11-6-8-13(9-7-11)18-16(22)12-4-2-1-3-5-12/h1-9H,10H2,(H,17,20)(H,18,22)(H,19,21). The van der Waals surface area contributed by atoms with E-state index >= 15 is 0 Å². The molecule has 2 amide bonds. The molecule has 0 aliphatic carbocycles. The predicted octanol–water partition coefficient (Wildman–Crippen LogP) is 1.32. The largest absolute Gasteiger partial charge is 0.322 e. The third-order valence-electron chi connectivity index (χ3n) is 3.15. The highest BCUT2D eigenvalue weighted by atomic mass is 16.2. The maximum Gasteiger partial charge on any atom is 0.260 e. The van der Waals surface area contributed by atoms with Gasteiger partial charge in [-0.15, -0.1) is 0 Å². The van der Waals surface area contributed by atoms with Gasteiger partial charge in [0.05, 0.1) is 0 Å². The van der Waals surface area contributed by atoms with Crippen LogP contribution in [0.1, 0.15) is 15.9 Å². The molecule has 1 aliphatic rings. The molecule has 0 fully saturated rings. The maximum absolute atomic E-state index is 12.0. The number of nitrogens with zero attached hydrogens (tertiary/aromatic N) is 1.